The van der Waals surface area contributed by atoms with Crippen molar-refractivity contribution in [2.75, 3.05) is 12.0 Å². The maximum atomic E-state index is 11.9. The van der Waals surface area contributed by atoms with Crippen molar-refractivity contribution < 1.29 is 13.2 Å². The van der Waals surface area contributed by atoms with E-state index in [0.29, 0.717) is 12.8 Å². The van der Waals surface area contributed by atoms with E-state index in [1.807, 2.05) is 0 Å². The Labute approximate surface area is 98.5 Å². The zero-order valence-corrected chi connectivity index (χ0v) is 11.6. The second-order valence-electron chi connectivity index (χ2n) is 6.08. The molecule has 94 valence electrons. The molecule has 0 saturated heterocycles. The van der Waals surface area contributed by atoms with Gasteiger partial charge in [0.25, 0.3) is 0 Å². The highest BCUT2D eigenvalue weighted by atomic mass is 32.2. The Balaban J connectivity index is 2.45. The van der Waals surface area contributed by atoms with Crippen LogP contribution in [0.25, 0.3) is 0 Å². The van der Waals surface area contributed by atoms with Crippen molar-refractivity contribution in [3.05, 3.63) is 0 Å². The number of carbonyl (C=O) groups excluding carboxylic acids is 1. The highest BCUT2D eigenvalue weighted by Crippen LogP contribution is 2.68. The molecule has 0 atom stereocenters. The van der Waals surface area contributed by atoms with Crippen molar-refractivity contribution in [3.63, 3.8) is 0 Å². The Kier molecular flexibility index (Phi) is 3.27. The Morgan fingerprint density at radius 3 is 1.88 bits per heavy atom. The van der Waals surface area contributed by atoms with E-state index in [4.69, 9.17) is 0 Å². The van der Waals surface area contributed by atoms with Gasteiger partial charge in [0, 0.05) is 18.6 Å². The van der Waals surface area contributed by atoms with Gasteiger partial charge in [-0.1, -0.05) is 27.7 Å². The first-order chi connectivity index (χ1) is 7.00. The van der Waals surface area contributed by atoms with Crippen LogP contribution in [0.1, 0.15) is 40.5 Å². The van der Waals surface area contributed by atoms with E-state index in [2.05, 4.69) is 27.7 Å². The molecule has 1 aliphatic rings. The Bertz CT molecular complexity index is 376. The molecule has 0 unspecified atom stereocenters. The minimum absolute atomic E-state index is 0.0647. The van der Waals surface area contributed by atoms with Crippen molar-refractivity contribution >= 4 is 15.6 Å². The highest BCUT2D eigenvalue weighted by molar-refractivity contribution is 7.90. The summed E-state index contributed by atoms with van der Waals surface area (Å²) in [5.74, 6) is 0.435. The molecule has 1 fully saturated rings. The van der Waals surface area contributed by atoms with Crippen LogP contribution in [0.3, 0.4) is 0 Å². The van der Waals surface area contributed by atoms with E-state index in [1.54, 1.807) is 0 Å². The van der Waals surface area contributed by atoms with Gasteiger partial charge in [0.05, 0.1) is 5.75 Å². The number of hydrogen-bond acceptors (Lipinski definition) is 3. The molecule has 1 rings (SSSR count). The predicted molar refractivity (Wildman–Crippen MR) is 65.0 cm³/mol. The lowest BCUT2D eigenvalue weighted by molar-refractivity contribution is -0.121. The lowest BCUT2D eigenvalue weighted by Crippen LogP contribution is -2.10. The molecule has 0 N–H and O–H groups in total. The summed E-state index contributed by atoms with van der Waals surface area (Å²) in [7, 11) is -2.93. The van der Waals surface area contributed by atoms with E-state index >= 15 is 0 Å². The fourth-order valence-corrected chi connectivity index (χ4v) is 3.32. The first-order valence-corrected chi connectivity index (χ1v) is 7.76. The Hall–Kier alpha value is -0.380. The highest BCUT2D eigenvalue weighted by Gasteiger charge is 2.67. The fraction of sp³-hybridized carbons (Fsp3) is 0.917. The largest absolute Gasteiger partial charge is 0.299 e. The molecule has 0 bridgehead atoms. The normalized spacial score (nSPS) is 23.1. The lowest BCUT2D eigenvalue weighted by atomic mass is 10.0. The molecule has 1 saturated carbocycles. The van der Waals surface area contributed by atoms with E-state index in [-0.39, 0.29) is 28.3 Å². The molecule has 4 heteroatoms. The molecule has 16 heavy (non-hydrogen) atoms. The van der Waals surface area contributed by atoms with Crippen molar-refractivity contribution in [2.24, 2.45) is 16.7 Å². The Morgan fingerprint density at radius 1 is 1.12 bits per heavy atom. The number of Topliss-reactive ketones (excluding diaryl/α,β-unsaturated/α-hetero) is 1. The summed E-state index contributed by atoms with van der Waals surface area (Å²) in [5.41, 5.74) is 0.129. The summed E-state index contributed by atoms with van der Waals surface area (Å²) >= 11 is 0. The van der Waals surface area contributed by atoms with E-state index < -0.39 is 9.84 Å². The quantitative estimate of drug-likeness (QED) is 0.746. The second-order valence-corrected chi connectivity index (χ2v) is 8.34. The van der Waals surface area contributed by atoms with Gasteiger partial charge in [-0.05, 0) is 17.3 Å². The molecule has 0 amide bonds. The smallest absolute Gasteiger partial charge is 0.147 e. The molecule has 0 radical (unpaired) electrons. The maximum Gasteiger partial charge on any atom is 0.147 e. The molecule has 3 nitrogen and oxygen atoms in total. The molecule has 0 heterocycles. The zero-order valence-electron chi connectivity index (χ0n) is 10.8. The Morgan fingerprint density at radius 2 is 1.56 bits per heavy atom. The first-order valence-electron chi connectivity index (χ1n) is 5.70. The average Bonchev–Trinajstić information content (AvgIpc) is 2.39. The molecule has 0 aromatic carbocycles. The fourth-order valence-electron chi connectivity index (χ4n) is 2.65. The number of hydrogen-bond donors (Lipinski definition) is 0. The van der Waals surface area contributed by atoms with Crippen LogP contribution in [-0.2, 0) is 14.6 Å². The first kappa shape index (κ1) is 13.7. The minimum Gasteiger partial charge on any atom is -0.299 e. The average molecular weight is 246 g/mol. The molecule has 0 spiro atoms. The predicted octanol–water partition coefficient (Wildman–Crippen LogP) is 2.06. The monoisotopic (exact) mass is 246 g/mol. The van der Waals surface area contributed by atoms with E-state index in [1.165, 1.54) is 6.26 Å². The minimum atomic E-state index is -2.93. The van der Waals surface area contributed by atoms with Gasteiger partial charge in [-0.3, -0.25) is 4.79 Å². The van der Waals surface area contributed by atoms with Crippen LogP contribution in [0.5, 0.6) is 0 Å². The molecular weight excluding hydrogens is 224 g/mol. The molecule has 0 aromatic rings. The van der Waals surface area contributed by atoms with Crippen LogP contribution < -0.4 is 0 Å². The van der Waals surface area contributed by atoms with Crippen molar-refractivity contribution in [1.29, 1.82) is 0 Å². The number of sulfone groups is 1. The van der Waals surface area contributed by atoms with Crippen LogP contribution >= 0.6 is 0 Å². The third-order valence-corrected chi connectivity index (χ3v) is 5.31. The van der Waals surface area contributed by atoms with Crippen LogP contribution in [0.4, 0.5) is 0 Å². The molecule has 0 aromatic heterocycles. The molecular formula is C12H22O3S. The van der Waals surface area contributed by atoms with Gasteiger partial charge in [0.1, 0.15) is 15.6 Å². The number of rotatable bonds is 5. The summed E-state index contributed by atoms with van der Waals surface area (Å²) < 4.78 is 21.9. The van der Waals surface area contributed by atoms with Crippen molar-refractivity contribution in [2.45, 2.75) is 40.5 Å². The number of ketones is 1. The van der Waals surface area contributed by atoms with Crippen molar-refractivity contribution in [3.8, 4) is 0 Å². The SMILES string of the molecule is CC1(C)C(C(=O)CCCS(C)(=O)=O)C1(C)C. The molecule has 0 aliphatic heterocycles. The molecule has 1 aliphatic carbocycles. The van der Waals surface area contributed by atoms with Crippen molar-refractivity contribution in [1.82, 2.24) is 0 Å². The van der Waals surface area contributed by atoms with Gasteiger partial charge in [-0.25, -0.2) is 8.42 Å². The zero-order chi connectivity index (χ0) is 12.8. The standard InChI is InChI=1S/C12H22O3S/c1-11(2)10(12(11,3)4)9(13)7-6-8-16(5,14)15/h10H,6-8H2,1-5H3. The van der Waals surface area contributed by atoms with Gasteiger partial charge in [-0.2, -0.15) is 0 Å². The third-order valence-electron chi connectivity index (χ3n) is 4.28. The van der Waals surface area contributed by atoms with E-state index in [9.17, 15) is 13.2 Å². The van der Waals surface area contributed by atoms with Crippen LogP contribution in [-0.4, -0.2) is 26.2 Å². The summed E-state index contributed by atoms with van der Waals surface area (Å²) in [6.07, 6.45) is 2.06. The summed E-state index contributed by atoms with van der Waals surface area (Å²) in [6, 6.07) is 0. The van der Waals surface area contributed by atoms with Gasteiger partial charge in [-0.15, -0.1) is 0 Å². The summed E-state index contributed by atoms with van der Waals surface area (Å²) in [5, 5.41) is 0. The van der Waals surface area contributed by atoms with Gasteiger partial charge < -0.3 is 0 Å². The van der Waals surface area contributed by atoms with Crippen LogP contribution in [0.15, 0.2) is 0 Å². The summed E-state index contributed by atoms with van der Waals surface area (Å²) in [6.45, 7) is 8.41. The van der Waals surface area contributed by atoms with Gasteiger partial charge in [0.15, 0.2) is 0 Å². The lowest BCUT2D eigenvalue weighted by Gasteiger charge is -2.03. The van der Waals surface area contributed by atoms with Gasteiger partial charge >= 0.3 is 0 Å². The maximum absolute atomic E-state index is 11.9. The topological polar surface area (TPSA) is 51.2 Å². The van der Waals surface area contributed by atoms with Crippen LogP contribution in [0.2, 0.25) is 0 Å². The summed E-state index contributed by atoms with van der Waals surface area (Å²) in [4.78, 5) is 11.9. The van der Waals surface area contributed by atoms with Gasteiger partial charge in [0.2, 0.25) is 0 Å². The van der Waals surface area contributed by atoms with E-state index in [0.717, 1.165) is 0 Å². The third kappa shape index (κ3) is 2.47. The van der Waals surface area contributed by atoms with Crippen LogP contribution in [0, 0.1) is 16.7 Å². The second kappa shape index (κ2) is 3.83. The number of carbonyl (C=O) groups is 1.